The topological polar surface area (TPSA) is 57.8 Å². The van der Waals surface area contributed by atoms with Gasteiger partial charge < -0.3 is 5.32 Å². The van der Waals surface area contributed by atoms with E-state index in [4.69, 9.17) is 0 Å². The Morgan fingerprint density at radius 3 is 2.77 bits per heavy atom. The van der Waals surface area contributed by atoms with Gasteiger partial charge in [-0.2, -0.15) is 5.10 Å². The number of carbonyl (C=O) groups is 1. The van der Waals surface area contributed by atoms with Gasteiger partial charge in [0.1, 0.15) is 5.69 Å². The number of H-pyrrole nitrogens is 1. The number of amides is 1. The van der Waals surface area contributed by atoms with Crippen LogP contribution in [0.1, 0.15) is 48.2 Å². The first-order valence-electron chi connectivity index (χ1n) is 7.80. The molecule has 22 heavy (non-hydrogen) atoms. The van der Waals surface area contributed by atoms with E-state index in [0.717, 1.165) is 16.5 Å². The van der Waals surface area contributed by atoms with Crippen LogP contribution in [0.4, 0.5) is 5.69 Å². The molecule has 0 atom stereocenters. The highest BCUT2D eigenvalue weighted by Crippen LogP contribution is 2.34. The number of aromatic amines is 1. The number of hydrogen-bond acceptors (Lipinski definition) is 3. The van der Waals surface area contributed by atoms with Crippen molar-refractivity contribution in [1.82, 2.24) is 10.2 Å². The van der Waals surface area contributed by atoms with Crippen molar-refractivity contribution in [2.75, 3.05) is 5.32 Å². The van der Waals surface area contributed by atoms with Crippen molar-refractivity contribution in [2.45, 2.75) is 49.2 Å². The molecule has 2 N–H and O–H groups in total. The summed E-state index contributed by atoms with van der Waals surface area (Å²) in [6, 6.07) is 7.93. The zero-order chi connectivity index (χ0) is 15.4. The fraction of sp³-hybridized carbons (Fsp3) is 0.412. The van der Waals surface area contributed by atoms with Crippen molar-refractivity contribution < 1.29 is 4.79 Å². The number of anilines is 1. The Labute approximate surface area is 135 Å². The lowest BCUT2D eigenvalue weighted by molar-refractivity contribution is 0.102. The Hall–Kier alpha value is -1.75. The second-order valence-corrected chi connectivity index (χ2v) is 7.15. The van der Waals surface area contributed by atoms with E-state index in [0.29, 0.717) is 5.69 Å². The van der Waals surface area contributed by atoms with Gasteiger partial charge in [0, 0.05) is 22.0 Å². The van der Waals surface area contributed by atoms with Gasteiger partial charge in [0.2, 0.25) is 0 Å². The first-order valence-corrected chi connectivity index (χ1v) is 8.68. The summed E-state index contributed by atoms with van der Waals surface area (Å²) in [6.07, 6.45) is 8.31. The highest BCUT2D eigenvalue weighted by Gasteiger charge is 2.15. The van der Waals surface area contributed by atoms with Crippen LogP contribution in [0.3, 0.4) is 0 Å². The molecule has 0 unspecified atom stereocenters. The molecule has 0 aliphatic heterocycles. The first kappa shape index (κ1) is 15.2. The Kier molecular flexibility index (Phi) is 4.83. The third-order valence-corrected chi connectivity index (χ3v) is 5.38. The zero-order valence-electron chi connectivity index (χ0n) is 12.8. The molecule has 1 saturated carbocycles. The number of rotatable bonds is 4. The number of nitrogens with zero attached hydrogens (tertiary/aromatic N) is 1. The van der Waals surface area contributed by atoms with Crippen molar-refractivity contribution in [1.29, 1.82) is 0 Å². The number of aromatic nitrogens is 2. The van der Waals surface area contributed by atoms with Crippen LogP contribution < -0.4 is 5.32 Å². The fourth-order valence-electron chi connectivity index (χ4n) is 2.80. The lowest BCUT2D eigenvalue weighted by Crippen LogP contribution is -2.13. The number of aryl methyl sites for hydroxylation is 1. The average molecular weight is 315 g/mol. The third-order valence-electron chi connectivity index (χ3n) is 4.05. The molecule has 4 nitrogen and oxygen atoms in total. The van der Waals surface area contributed by atoms with E-state index >= 15 is 0 Å². The van der Waals surface area contributed by atoms with E-state index in [1.807, 2.05) is 24.8 Å². The molecule has 1 aromatic carbocycles. The summed E-state index contributed by atoms with van der Waals surface area (Å²) in [5.41, 5.74) is 2.42. The molecular weight excluding hydrogens is 294 g/mol. The van der Waals surface area contributed by atoms with Crippen LogP contribution in [0.25, 0.3) is 0 Å². The minimum absolute atomic E-state index is 0.159. The first-order chi connectivity index (χ1) is 10.7. The Balaban J connectivity index is 1.65. The molecule has 0 saturated heterocycles. The van der Waals surface area contributed by atoms with Crippen molar-refractivity contribution in [3.8, 4) is 0 Å². The number of carbonyl (C=O) groups excluding carboxylic acids is 1. The monoisotopic (exact) mass is 315 g/mol. The molecule has 116 valence electrons. The maximum absolute atomic E-state index is 12.0. The molecule has 1 amide bonds. The minimum atomic E-state index is -0.159. The van der Waals surface area contributed by atoms with E-state index in [1.54, 1.807) is 12.3 Å². The van der Waals surface area contributed by atoms with Crippen LogP contribution in [0.15, 0.2) is 35.4 Å². The Morgan fingerprint density at radius 2 is 2.09 bits per heavy atom. The second-order valence-electron chi connectivity index (χ2n) is 5.78. The summed E-state index contributed by atoms with van der Waals surface area (Å²) in [7, 11) is 0. The van der Waals surface area contributed by atoms with Crippen molar-refractivity contribution in [3.05, 3.63) is 41.7 Å². The van der Waals surface area contributed by atoms with Crippen LogP contribution in [0.5, 0.6) is 0 Å². The summed E-state index contributed by atoms with van der Waals surface area (Å²) < 4.78 is 0. The van der Waals surface area contributed by atoms with Gasteiger partial charge >= 0.3 is 0 Å². The summed E-state index contributed by atoms with van der Waals surface area (Å²) in [6.45, 7) is 2.04. The molecule has 1 aromatic heterocycles. The van der Waals surface area contributed by atoms with Gasteiger partial charge in [0.05, 0.1) is 0 Å². The number of nitrogens with one attached hydrogen (secondary N) is 2. The predicted octanol–water partition coefficient (Wildman–Crippen LogP) is 4.40. The Morgan fingerprint density at radius 1 is 1.27 bits per heavy atom. The van der Waals surface area contributed by atoms with Crippen molar-refractivity contribution >= 4 is 23.4 Å². The van der Waals surface area contributed by atoms with Gasteiger partial charge in [-0.15, -0.1) is 11.8 Å². The van der Waals surface area contributed by atoms with Gasteiger partial charge in [-0.25, -0.2) is 0 Å². The van der Waals surface area contributed by atoms with Crippen molar-refractivity contribution in [2.24, 2.45) is 0 Å². The molecule has 1 aliphatic carbocycles. The number of benzene rings is 1. The molecule has 1 aliphatic rings. The SMILES string of the molecule is Cc1cc(SC2CCCCC2)ccc1NC(=O)c1ccn[nH]1. The lowest BCUT2D eigenvalue weighted by atomic mass is 10.0. The van der Waals surface area contributed by atoms with Gasteiger partial charge in [0.25, 0.3) is 5.91 Å². The van der Waals surface area contributed by atoms with Crippen molar-refractivity contribution in [3.63, 3.8) is 0 Å². The second kappa shape index (κ2) is 7.01. The minimum Gasteiger partial charge on any atom is -0.320 e. The molecule has 3 rings (SSSR count). The third kappa shape index (κ3) is 3.71. The van der Waals surface area contributed by atoms with E-state index in [2.05, 4.69) is 27.6 Å². The summed E-state index contributed by atoms with van der Waals surface area (Å²) in [4.78, 5) is 13.3. The van der Waals surface area contributed by atoms with E-state index in [1.165, 1.54) is 37.0 Å². The zero-order valence-corrected chi connectivity index (χ0v) is 13.6. The highest BCUT2D eigenvalue weighted by molar-refractivity contribution is 8.00. The van der Waals surface area contributed by atoms with Crippen LogP contribution in [-0.4, -0.2) is 21.4 Å². The molecule has 0 radical (unpaired) electrons. The maximum atomic E-state index is 12.0. The average Bonchev–Trinajstić information content (AvgIpc) is 3.05. The van der Waals surface area contributed by atoms with Crippen LogP contribution >= 0.6 is 11.8 Å². The van der Waals surface area contributed by atoms with Gasteiger partial charge in [-0.05, 0) is 49.6 Å². The molecule has 0 bridgehead atoms. The molecular formula is C17H21N3OS. The van der Waals surface area contributed by atoms with Crippen LogP contribution in [0.2, 0.25) is 0 Å². The molecule has 2 aromatic rings. The number of thioether (sulfide) groups is 1. The lowest BCUT2D eigenvalue weighted by Gasteiger charge is -2.21. The van der Waals surface area contributed by atoms with Gasteiger partial charge in [-0.3, -0.25) is 9.89 Å². The predicted molar refractivity (Wildman–Crippen MR) is 90.4 cm³/mol. The molecule has 1 fully saturated rings. The smallest absolute Gasteiger partial charge is 0.273 e. The summed E-state index contributed by atoms with van der Waals surface area (Å²) >= 11 is 1.98. The largest absolute Gasteiger partial charge is 0.320 e. The normalized spacial score (nSPS) is 15.7. The van der Waals surface area contributed by atoms with Crippen LogP contribution in [0, 0.1) is 6.92 Å². The molecule has 0 spiro atoms. The summed E-state index contributed by atoms with van der Waals surface area (Å²) in [5, 5.41) is 10.1. The van der Waals surface area contributed by atoms with E-state index < -0.39 is 0 Å². The Bertz CT molecular complexity index is 633. The maximum Gasteiger partial charge on any atom is 0.273 e. The fourth-order valence-corrected chi connectivity index (χ4v) is 4.14. The number of hydrogen-bond donors (Lipinski definition) is 2. The van der Waals surface area contributed by atoms with Gasteiger partial charge in [0.15, 0.2) is 0 Å². The highest BCUT2D eigenvalue weighted by atomic mass is 32.2. The molecule has 5 heteroatoms. The quantitative estimate of drug-likeness (QED) is 0.879. The van der Waals surface area contributed by atoms with E-state index in [-0.39, 0.29) is 5.91 Å². The van der Waals surface area contributed by atoms with Gasteiger partial charge in [-0.1, -0.05) is 19.3 Å². The van der Waals surface area contributed by atoms with E-state index in [9.17, 15) is 4.79 Å². The van der Waals surface area contributed by atoms with Crippen LogP contribution in [-0.2, 0) is 0 Å². The summed E-state index contributed by atoms with van der Waals surface area (Å²) in [5.74, 6) is -0.159. The standard InChI is InChI=1S/C17H21N3OS/c1-12-11-14(22-13-5-3-2-4-6-13)7-8-15(12)19-17(21)16-9-10-18-20-16/h7-11,13H,2-6H2,1H3,(H,18,20)(H,19,21). The molecule has 1 heterocycles.